The van der Waals surface area contributed by atoms with Crippen molar-refractivity contribution in [3.8, 4) is 11.5 Å². The van der Waals surface area contributed by atoms with Crippen molar-refractivity contribution in [3.63, 3.8) is 0 Å². The van der Waals surface area contributed by atoms with Gasteiger partial charge in [-0.25, -0.2) is 0 Å². The topological polar surface area (TPSA) is 70.0 Å². The number of Topliss-reactive ketones (excluding diaryl/α,β-unsaturated/α-hetero) is 1. The number of benzene rings is 1. The van der Waals surface area contributed by atoms with E-state index in [4.69, 9.17) is 4.74 Å². The van der Waals surface area contributed by atoms with Gasteiger partial charge in [0, 0.05) is 24.1 Å². The van der Waals surface area contributed by atoms with Crippen LogP contribution in [0, 0.1) is 11.8 Å². The molecule has 1 aliphatic heterocycles. The number of ketones is 1. The van der Waals surface area contributed by atoms with Crippen LogP contribution in [-0.4, -0.2) is 51.7 Å². The lowest BCUT2D eigenvalue weighted by atomic mass is 9.59. The Hall–Kier alpha value is -1.59. The number of aromatic hydroxyl groups is 1. The molecule has 26 heavy (non-hydrogen) atoms. The number of nitrogens with zero attached hydrogens (tertiary/aromatic N) is 1. The zero-order valence-electron chi connectivity index (χ0n) is 15.4. The average Bonchev–Trinajstić information content (AvgIpc) is 3.33. The summed E-state index contributed by atoms with van der Waals surface area (Å²) in [5, 5.41) is 22.2. The fourth-order valence-electron chi connectivity index (χ4n) is 5.63. The van der Waals surface area contributed by atoms with Crippen molar-refractivity contribution in [2.45, 2.75) is 63.2 Å². The Kier molecular flexibility index (Phi) is 3.48. The molecule has 0 spiro atoms. The predicted molar refractivity (Wildman–Crippen MR) is 96.5 cm³/mol. The van der Waals surface area contributed by atoms with Gasteiger partial charge in [-0.3, -0.25) is 9.69 Å². The van der Waals surface area contributed by atoms with Gasteiger partial charge in [-0.2, -0.15) is 0 Å². The number of hydrogen-bond donors (Lipinski definition) is 2. The Morgan fingerprint density at radius 1 is 1.35 bits per heavy atom. The Morgan fingerprint density at radius 3 is 2.81 bits per heavy atom. The molecule has 2 saturated carbocycles. The second-order valence-corrected chi connectivity index (χ2v) is 8.75. The van der Waals surface area contributed by atoms with Gasteiger partial charge in [0.2, 0.25) is 0 Å². The predicted octanol–water partition coefficient (Wildman–Crippen LogP) is 2.23. The fraction of sp³-hybridized carbons (Fsp3) is 0.667. The molecular weight excluding hydrogens is 330 g/mol. The van der Waals surface area contributed by atoms with Gasteiger partial charge < -0.3 is 14.9 Å². The van der Waals surface area contributed by atoms with E-state index in [1.54, 1.807) is 6.07 Å². The van der Waals surface area contributed by atoms with Crippen LogP contribution in [0.25, 0.3) is 0 Å². The molecule has 2 unspecified atom stereocenters. The molecule has 0 amide bonds. The van der Waals surface area contributed by atoms with Crippen LogP contribution in [0.5, 0.6) is 11.5 Å². The number of carbonyl (C=O) groups is 1. The monoisotopic (exact) mass is 357 g/mol. The van der Waals surface area contributed by atoms with Crippen molar-refractivity contribution in [1.29, 1.82) is 0 Å². The molecule has 1 aromatic carbocycles. The maximum atomic E-state index is 12.8. The van der Waals surface area contributed by atoms with Gasteiger partial charge in [0.15, 0.2) is 23.4 Å². The molecule has 2 fully saturated rings. The molecule has 1 heterocycles. The van der Waals surface area contributed by atoms with Crippen LogP contribution in [0.1, 0.15) is 50.2 Å². The van der Waals surface area contributed by atoms with Crippen molar-refractivity contribution < 1.29 is 19.7 Å². The second kappa shape index (κ2) is 5.46. The summed E-state index contributed by atoms with van der Waals surface area (Å²) in [5.41, 5.74) is 0.989. The number of ether oxygens (including phenoxy) is 1. The minimum absolute atomic E-state index is 0.0113. The van der Waals surface area contributed by atoms with Crippen LogP contribution < -0.4 is 4.74 Å². The number of hydrogen-bond acceptors (Lipinski definition) is 5. The number of phenols is 1. The lowest BCUT2D eigenvalue weighted by Crippen LogP contribution is -2.65. The molecule has 0 bridgehead atoms. The Balaban J connectivity index is 1.64. The minimum atomic E-state index is -0.991. The summed E-state index contributed by atoms with van der Waals surface area (Å²) < 4.78 is 5.96. The van der Waals surface area contributed by atoms with E-state index in [1.165, 1.54) is 12.8 Å². The van der Waals surface area contributed by atoms with Crippen LogP contribution in [0.2, 0.25) is 0 Å². The first-order valence-electron chi connectivity index (χ1n) is 9.95. The molecule has 140 valence electrons. The maximum absolute atomic E-state index is 12.8. The fourth-order valence-corrected chi connectivity index (χ4v) is 5.63. The first kappa shape index (κ1) is 16.6. The van der Waals surface area contributed by atoms with Crippen molar-refractivity contribution in [3.05, 3.63) is 23.3 Å². The van der Waals surface area contributed by atoms with Gasteiger partial charge >= 0.3 is 0 Å². The molecule has 0 saturated heterocycles. The van der Waals surface area contributed by atoms with Crippen LogP contribution in [-0.2, 0) is 11.2 Å². The highest BCUT2D eigenvalue weighted by Crippen LogP contribution is 2.59. The molecule has 3 aliphatic carbocycles. The lowest BCUT2D eigenvalue weighted by Gasteiger charge is -2.53. The number of phenolic OH excluding ortho intramolecular Hbond substituents is 1. The molecule has 2 N–H and O–H groups in total. The van der Waals surface area contributed by atoms with E-state index in [9.17, 15) is 15.0 Å². The van der Waals surface area contributed by atoms with E-state index in [0.717, 1.165) is 36.6 Å². The van der Waals surface area contributed by atoms with Crippen molar-refractivity contribution in [2.75, 3.05) is 13.1 Å². The Labute approximate surface area is 154 Å². The summed E-state index contributed by atoms with van der Waals surface area (Å²) in [4.78, 5) is 15.2. The van der Waals surface area contributed by atoms with Gasteiger partial charge in [0.1, 0.15) is 0 Å². The van der Waals surface area contributed by atoms with E-state index < -0.39 is 11.7 Å². The van der Waals surface area contributed by atoms with Crippen molar-refractivity contribution in [1.82, 2.24) is 4.90 Å². The van der Waals surface area contributed by atoms with Gasteiger partial charge in [0.05, 0.1) is 11.5 Å². The maximum Gasteiger partial charge on any atom is 0.176 e. The third kappa shape index (κ3) is 2.13. The van der Waals surface area contributed by atoms with E-state index in [-0.39, 0.29) is 29.4 Å². The first-order chi connectivity index (χ1) is 12.4. The van der Waals surface area contributed by atoms with Crippen molar-refractivity contribution in [2.24, 2.45) is 11.8 Å². The molecule has 5 rings (SSSR count). The van der Waals surface area contributed by atoms with Gasteiger partial charge in [-0.15, -0.1) is 0 Å². The van der Waals surface area contributed by atoms with Crippen LogP contribution in [0.3, 0.4) is 0 Å². The number of aliphatic hydroxyl groups is 1. The van der Waals surface area contributed by atoms with Crippen molar-refractivity contribution >= 4 is 5.78 Å². The van der Waals surface area contributed by atoms with Crippen LogP contribution >= 0.6 is 0 Å². The van der Waals surface area contributed by atoms with Crippen LogP contribution in [0.4, 0.5) is 0 Å². The lowest BCUT2D eigenvalue weighted by molar-refractivity contribution is -0.155. The third-order valence-electron chi connectivity index (χ3n) is 7.09. The molecule has 1 aromatic rings. The molecule has 4 aliphatic rings. The Bertz CT molecular complexity index is 774. The molecule has 5 heteroatoms. The van der Waals surface area contributed by atoms with E-state index in [0.29, 0.717) is 12.2 Å². The van der Waals surface area contributed by atoms with Gasteiger partial charge in [-0.05, 0) is 49.8 Å². The summed E-state index contributed by atoms with van der Waals surface area (Å²) in [5.74, 6) is 0.684. The zero-order chi connectivity index (χ0) is 18.2. The standard InChI is InChI=1S/C21H27NO4/c1-3-22(10-12-4-5-12)15-8-13-6-7-14(23)19-16(13)17-20(26-19)18(24)11(2)9-21(15,17)25/h6-7,11-12,15,17,20,23,25H,3-5,8-10H2,1-2H3/t11?,15-,17?,20-,21-/m1/s1. The molecular formula is C21H27NO4. The highest BCUT2D eigenvalue weighted by atomic mass is 16.5. The number of carbonyl (C=O) groups excluding carboxylic acids is 1. The smallest absolute Gasteiger partial charge is 0.176 e. The summed E-state index contributed by atoms with van der Waals surface area (Å²) in [6.45, 7) is 5.96. The largest absolute Gasteiger partial charge is 0.504 e. The first-order valence-corrected chi connectivity index (χ1v) is 9.95. The third-order valence-corrected chi connectivity index (χ3v) is 7.09. The quantitative estimate of drug-likeness (QED) is 0.865. The van der Waals surface area contributed by atoms with E-state index >= 15 is 0 Å². The molecule has 5 nitrogen and oxygen atoms in total. The number of likely N-dealkylation sites (N-methyl/N-ethyl adjacent to an activating group) is 1. The summed E-state index contributed by atoms with van der Waals surface area (Å²) in [6, 6.07) is 3.60. The summed E-state index contributed by atoms with van der Waals surface area (Å²) in [7, 11) is 0. The van der Waals surface area contributed by atoms with Gasteiger partial charge in [-0.1, -0.05) is 19.9 Å². The zero-order valence-corrected chi connectivity index (χ0v) is 15.4. The normalized spacial score (nSPS) is 37.6. The molecule has 0 aromatic heterocycles. The SMILES string of the molecule is CCN(CC1CC1)[C@@H]1Cc2ccc(O)c3c2C2[C@@H](O3)C(=O)C(C)C[C@]21O. The average molecular weight is 357 g/mol. The Morgan fingerprint density at radius 2 is 2.12 bits per heavy atom. The van der Waals surface area contributed by atoms with Crippen LogP contribution in [0.15, 0.2) is 12.1 Å². The minimum Gasteiger partial charge on any atom is -0.504 e. The molecule has 0 radical (unpaired) electrons. The highest BCUT2D eigenvalue weighted by Gasteiger charge is 2.63. The van der Waals surface area contributed by atoms with E-state index in [1.807, 2.05) is 13.0 Å². The summed E-state index contributed by atoms with van der Waals surface area (Å²) in [6.07, 6.45) is 3.10. The second-order valence-electron chi connectivity index (χ2n) is 8.75. The number of rotatable bonds is 4. The highest BCUT2D eigenvalue weighted by molar-refractivity contribution is 5.90. The summed E-state index contributed by atoms with van der Waals surface area (Å²) >= 11 is 0. The van der Waals surface area contributed by atoms with E-state index in [2.05, 4.69) is 11.8 Å². The molecule has 5 atom stereocenters. The van der Waals surface area contributed by atoms with Gasteiger partial charge in [0.25, 0.3) is 0 Å².